The fraction of sp³-hybridized carbons (Fsp3) is 0. The Hall–Kier alpha value is -0.390. The van der Waals surface area contributed by atoms with Crippen molar-refractivity contribution in [3.8, 4) is 5.75 Å². The van der Waals surface area contributed by atoms with Crippen LogP contribution >= 0.6 is 46.0 Å². The molecule has 0 radical (unpaired) electrons. The van der Waals surface area contributed by atoms with E-state index in [1.165, 1.54) is 3.57 Å². The van der Waals surface area contributed by atoms with Crippen LogP contribution in [0.1, 0.15) is 0 Å². The van der Waals surface area contributed by atoms with Crippen LogP contribution in [-0.2, 0) is 0 Å². The van der Waals surface area contributed by atoms with Gasteiger partial charge in [-0.1, -0.05) is 23.4 Å². The summed E-state index contributed by atoms with van der Waals surface area (Å²) in [5, 5.41) is 9.86. The lowest BCUT2D eigenvalue weighted by Crippen LogP contribution is -1.75. The van der Waals surface area contributed by atoms with E-state index in [1.54, 1.807) is 23.9 Å². The maximum Gasteiger partial charge on any atom is 0.135 e. The Labute approximate surface area is 117 Å². The first-order valence-corrected chi connectivity index (χ1v) is 6.84. The van der Waals surface area contributed by atoms with Crippen molar-refractivity contribution in [1.29, 1.82) is 0 Å². The lowest BCUT2D eigenvalue weighted by atomic mass is 10.3. The number of aromatic hydroxyl groups is 1. The molecule has 2 aromatic rings. The molecule has 0 saturated carbocycles. The molecule has 0 bridgehead atoms. The second kappa shape index (κ2) is 5.29. The zero-order valence-electron chi connectivity index (χ0n) is 8.15. The van der Waals surface area contributed by atoms with Gasteiger partial charge >= 0.3 is 0 Å². The van der Waals surface area contributed by atoms with Crippen LogP contribution in [0.5, 0.6) is 5.75 Å². The van der Waals surface area contributed by atoms with Gasteiger partial charge in [0.05, 0.1) is 5.02 Å². The quantitative estimate of drug-likeness (QED) is 0.774. The molecule has 0 aliphatic carbocycles. The van der Waals surface area contributed by atoms with Gasteiger partial charge in [-0.2, -0.15) is 0 Å². The Morgan fingerprint density at radius 2 is 1.62 bits per heavy atom. The van der Waals surface area contributed by atoms with Crippen molar-refractivity contribution in [3.05, 3.63) is 51.1 Å². The first-order chi connectivity index (χ1) is 7.65. The second-order valence-corrected chi connectivity index (χ2v) is 5.97. The van der Waals surface area contributed by atoms with Crippen LogP contribution in [0.4, 0.5) is 0 Å². The van der Waals surface area contributed by atoms with Crippen molar-refractivity contribution in [2.75, 3.05) is 0 Å². The predicted molar refractivity (Wildman–Crippen MR) is 76.4 cm³/mol. The maximum absolute atomic E-state index is 9.48. The molecule has 0 unspecified atom stereocenters. The summed E-state index contributed by atoms with van der Waals surface area (Å²) in [6.45, 7) is 0. The predicted octanol–water partition coefficient (Wildman–Crippen LogP) is 4.80. The summed E-state index contributed by atoms with van der Waals surface area (Å²) in [7, 11) is 0. The summed E-state index contributed by atoms with van der Waals surface area (Å²) in [6.07, 6.45) is 0. The van der Waals surface area contributed by atoms with Crippen LogP contribution < -0.4 is 0 Å². The van der Waals surface area contributed by atoms with E-state index in [4.69, 9.17) is 11.6 Å². The van der Waals surface area contributed by atoms with E-state index >= 15 is 0 Å². The van der Waals surface area contributed by atoms with Crippen LogP contribution in [0, 0.1) is 3.57 Å². The summed E-state index contributed by atoms with van der Waals surface area (Å²) in [5.74, 6) is 0.122. The van der Waals surface area contributed by atoms with E-state index in [0.29, 0.717) is 5.02 Å². The summed E-state index contributed by atoms with van der Waals surface area (Å²) in [6, 6.07) is 13.5. The normalized spacial score (nSPS) is 10.4. The molecule has 0 atom stereocenters. The van der Waals surface area contributed by atoms with Crippen molar-refractivity contribution in [2.45, 2.75) is 9.79 Å². The van der Waals surface area contributed by atoms with E-state index in [1.807, 2.05) is 6.07 Å². The number of rotatable bonds is 2. The molecule has 0 spiro atoms. The zero-order valence-corrected chi connectivity index (χ0v) is 11.9. The van der Waals surface area contributed by atoms with Crippen LogP contribution in [0.25, 0.3) is 0 Å². The van der Waals surface area contributed by atoms with Gasteiger partial charge in [0.1, 0.15) is 5.75 Å². The lowest BCUT2D eigenvalue weighted by Gasteiger charge is -2.03. The molecule has 1 N–H and O–H groups in total. The summed E-state index contributed by atoms with van der Waals surface area (Å²) in [5.41, 5.74) is 0. The number of halogens is 2. The molecule has 2 aromatic carbocycles. The van der Waals surface area contributed by atoms with Crippen molar-refractivity contribution in [2.24, 2.45) is 0 Å². The molecule has 82 valence electrons. The third-order valence-corrected chi connectivity index (χ3v) is 4.00. The highest BCUT2D eigenvalue weighted by Gasteiger charge is 2.02. The molecular formula is C12H8ClIOS. The molecular weight excluding hydrogens is 355 g/mol. The SMILES string of the molecule is Oc1cc(Sc2ccc(I)cc2)ccc1Cl. The minimum Gasteiger partial charge on any atom is -0.506 e. The standard InChI is InChI=1S/C12H8ClIOS/c13-11-6-5-10(7-12(11)15)16-9-3-1-8(14)2-4-9/h1-7,15H. The summed E-state index contributed by atoms with van der Waals surface area (Å²) in [4.78, 5) is 2.12. The van der Waals surface area contributed by atoms with Gasteiger partial charge in [0.15, 0.2) is 0 Å². The average molecular weight is 363 g/mol. The molecule has 16 heavy (non-hydrogen) atoms. The smallest absolute Gasteiger partial charge is 0.135 e. The van der Waals surface area contributed by atoms with Gasteiger partial charge in [0.25, 0.3) is 0 Å². The van der Waals surface area contributed by atoms with Gasteiger partial charge in [-0.3, -0.25) is 0 Å². The second-order valence-electron chi connectivity index (χ2n) is 3.17. The molecule has 0 fully saturated rings. The van der Waals surface area contributed by atoms with Crippen molar-refractivity contribution >= 4 is 46.0 Å². The molecule has 1 nitrogen and oxygen atoms in total. The Morgan fingerprint density at radius 1 is 1.00 bits per heavy atom. The summed E-state index contributed by atoms with van der Waals surface area (Å²) < 4.78 is 1.21. The van der Waals surface area contributed by atoms with Gasteiger partial charge in [0.2, 0.25) is 0 Å². The minimum atomic E-state index is 0.122. The molecule has 0 aliphatic heterocycles. The van der Waals surface area contributed by atoms with Crippen LogP contribution in [0.15, 0.2) is 52.3 Å². The monoisotopic (exact) mass is 362 g/mol. The number of phenols is 1. The Kier molecular flexibility index (Phi) is 4.00. The van der Waals surface area contributed by atoms with Gasteiger partial charge in [-0.25, -0.2) is 0 Å². The van der Waals surface area contributed by atoms with Crippen molar-refractivity contribution < 1.29 is 5.11 Å². The number of hydrogen-bond acceptors (Lipinski definition) is 2. The van der Waals surface area contributed by atoms with Crippen LogP contribution in [0.2, 0.25) is 5.02 Å². The minimum absolute atomic E-state index is 0.122. The third-order valence-electron chi connectivity index (χ3n) is 1.97. The van der Waals surface area contributed by atoms with E-state index in [2.05, 4.69) is 46.9 Å². The topological polar surface area (TPSA) is 20.2 Å². The van der Waals surface area contributed by atoms with E-state index in [9.17, 15) is 5.11 Å². The Morgan fingerprint density at radius 3 is 2.25 bits per heavy atom. The molecule has 0 amide bonds. The Balaban J connectivity index is 2.20. The number of hydrogen-bond donors (Lipinski definition) is 1. The van der Waals surface area contributed by atoms with Crippen molar-refractivity contribution in [3.63, 3.8) is 0 Å². The van der Waals surface area contributed by atoms with Gasteiger partial charge in [-0.05, 0) is 65.1 Å². The number of phenolic OH excluding ortho intramolecular Hbond substituents is 1. The van der Waals surface area contributed by atoms with E-state index in [-0.39, 0.29) is 5.75 Å². The highest BCUT2D eigenvalue weighted by atomic mass is 127. The van der Waals surface area contributed by atoms with E-state index < -0.39 is 0 Å². The molecule has 0 aliphatic rings. The highest BCUT2D eigenvalue weighted by molar-refractivity contribution is 14.1. The molecule has 0 aromatic heterocycles. The lowest BCUT2D eigenvalue weighted by molar-refractivity contribution is 0.474. The molecule has 0 heterocycles. The van der Waals surface area contributed by atoms with Gasteiger partial charge in [-0.15, -0.1) is 0 Å². The highest BCUT2D eigenvalue weighted by Crippen LogP contribution is 2.33. The maximum atomic E-state index is 9.48. The zero-order chi connectivity index (χ0) is 11.5. The third kappa shape index (κ3) is 3.06. The summed E-state index contributed by atoms with van der Waals surface area (Å²) >= 11 is 9.61. The number of benzene rings is 2. The average Bonchev–Trinajstić information content (AvgIpc) is 2.27. The van der Waals surface area contributed by atoms with E-state index in [0.717, 1.165) is 9.79 Å². The first kappa shape index (κ1) is 12.1. The largest absolute Gasteiger partial charge is 0.506 e. The molecule has 4 heteroatoms. The van der Waals surface area contributed by atoms with Gasteiger partial charge in [0, 0.05) is 13.4 Å². The Bertz CT molecular complexity index is 499. The van der Waals surface area contributed by atoms with Crippen LogP contribution in [-0.4, -0.2) is 5.11 Å². The van der Waals surface area contributed by atoms with Crippen molar-refractivity contribution in [1.82, 2.24) is 0 Å². The fourth-order valence-electron chi connectivity index (χ4n) is 1.19. The fourth-order valence-corrected chi connectivity index (χ4v) is 2.52. The van der Waals surface area contributed by atoms with Crippen LogP contribution in [0.3, 0.4) is 0 Å². The molecule has 2 rings (SSSR count). The molecule has 0 saturated heterocycles. The van der Waals surface area contributed by atoms with Gasteiger partial charge < -0.3 is 5.11 Å². The first-order valence-electron chi connectivity index (χ1n) is 4.57.